The molecule has 0 spiro atoms. The van der Waals surface area contributed by atoms with E-state index in [1.165, 1.54) is 0 Å². The first-order chi connectivity index (χ1) is 20.3. The van der Waals surface area contributed by atoms with E-state index in [1.54, 1.807) is 48.5 Å². The zero-order chi connectivity index (χ0) is 35.6. The fourth-order valence-electron chi connectivity index (χ4n) is 4.95. The van der Waals surface area contributed by atoms with Crippen molar-refractivity contribution >= 4 is 23.1 Å². The van der Waals surface area contributed by atoms with Gasteiger partial charge in [-0.15, -0.1) is 0 Å². The molecule has 4 atom stereocenters. The largest absolute Gasteiger partial charge is 0.372 e. The number of Topliss-reactive ketones (excluding diaryl/α,β-unsaturated/α-hetero) is 4. The number of ketones is 4. The molecule has 4 unspecified atom stereocenters. The molecule has 0 bridgehead atoms. The summed E-state index contributed by atoms with van der Waals surface area (Å²) in [6, 6.07) is 0. The normalized spacial score (nSPS) is 16.2. The van der Waals surface area contributed by atoms with Crippen LogP contribution < -0.4 is 0 Å². The van der Waals surface area contributed by atoms with Gasteiger partial charge in [0.25, 0.3) is 0 Å². The molecular formula is C37H68O8. The quantitative estimate of drug-likeness (QED) is 0.105. The molecule has 0 rings (SSSR count). The Hall–Kier alpha value is -1.48. The number of carbonyl (C=O) groups is 4. The number of carbonyl (C=O) groups excluding carboxylic acids is 4. The Labute approximate surface area is 275 Å². The van der Waals surface area contributed by atoms with Crippen LogP contribution in [0.2, 0.25) is 0 Å². The van der Waals surface area contributed by atoms with Crippen LogP contribution in [0.15, 0.2) is 0 Å². The topological polar surface area (TPSA) is 105 Å². The van der Waals surface area contributed by atoms with Crippen molar-refractivity contribution in [2.45, 2.75) is 184 Å². The summed E-state index contributed by atoms with van der Waals surface area (Å²) in [6.45, 7) is 30.0. The molecule has 0 aromatic rings. The molecule has 0 N–H and O–H groups in total. The Morgan fingerprint density at radius 3 is 1.51 bits per heavy atom. The Kier molecular flexibility index (Phi) is 17.0. The Morgan fingerprint density at radius 2 is 1.07 bits per heavy atom. The van der Waals surface area contributed by atoms with Gasteiger partial charge in [-0.3, -0.25) is 19.2 Å². The van der Waals surface area contributed by atoms with E-state index in [0.29, 0.717) is 12.8 Å². The van der Waals surface area contributed by atoms with E-state index in [4.69, 9.17) is 18.9 Å². The van der Waals surface area contributed by atoms with Crippen LogP contribution in [0.4, 0.5) is 0 Å². The van der Waals surface area contributed by atoms with Gasteiger partial charge in [0.05, 0.1) is 31.0 Å². The summed E-state index contributed by atoms with van der Waals surface area (Å²) in [7, 11) is 0. The maximum absolute atomic E-state index is 13.5. The van der Waals surface area contributed by atoms with Crippen LogP contribution in [0.25, 0.3) is 0 Å². The lowest BCUT2D eigenvalue weighted by molar-refractivity contribution is -0.163. The molecule has 0 aromatic heterocycles. The maximum Gasteiger partial charge on any atom is 0.169 e. The molecule has 0 aliphatic heterocycles. The molecular weight excluding hydrogens is 572 g/mol. The summed E-state index contributed by atoms with van der Waals surface area (Å²) >= 11 is 0. The van der Waals surface area contributed by atoms with Crippen molar-refractivity contribution in [2.75, 3.05) is 13.2 Å². The van der Waals surface area contributed by atoms with Crippen LogP contribution in [0.3, 0.4) is 0 Å². The lowest BCUT2D eigenvalue weighted by Crippen LogP contribution is -2.46. The van der Waals surface area contributed by atoms with Gasteiger partial charge in [0.15, 0.2) is 17.3 Å². The lowest BCUT2D eigenvalue weighted by Gasteiger charge is -2.34. The van der Waals surface area contributed by atoms with Gasteiger partial charge in [0, 0.05) is 30.1 Å². The number of hydrogen-bond donors (Lipinski definition) is 0. The number of ether oxygens (including phenoxy) is 4. The van der Waals surface area contributed by atoms with Crippen LogP contribution in [0, 0.1) is 17.3 Å². The van der Waals surface area contributed by atoms with E-state index in [1.807, 2.05) is 62.3 Å². The molecule has 0 aliphatic rings. The van der Waals surface area contributed by atoms with Crippen molar-refractivity contribution < 1.29 is 38.1 Å². The molecule has 0 saturated heterocycles. The van der Waals surface area contributed by atoms with Crippen LogP contribution >= 0.6 is 0 Å². The molecule has 0 heterocycles. The second-order valence-corrected chi connectivity index (χ2v) is 15.6. The molecule has 264 valence electrons. The first-order valence-electron chi connectivity index (χ1n) is 17.1. The Balaban J connectivity index is 5.25. The average molecular weight is 641 g/mol. The fourth-order valence-corrected chi connectivity index (χ4v) is 4.95. The summed E-state index contributed by atoms with van der Waals surface area (Å²) in [5.41, 5.74) is -4.12. The maximum atomic E-state index is 13.5. The zero-order valence-corrected chi connectivity index (χ0v) is 31.7. The smallest absolute Gasteiger partial charge is 0.169 e. The number of hydrogen-bond acceptors (Lipinski definition) is 8. The first-order valence-corrected chi connectivity index (χ1v) is 17.1. The zero-order valence-electron chi connectivity index (χ0n) is 31.7. The SMILES string of the molecule is CCC(CC(=O)C(C)(C)OCC(CC)C(=O)C(C)(C)CC)OC(C)(C)C(=O)C(C)COC(C)(C)C(=O)CC(C)OC(C)(C)CC. The van der Waals surface area contributed by atoms with E-state index < -0.39 is 34.2 Å². The highest BCUT2D eigenvalue weighted by Gasteiger charge is 2.40. The predicted molar refractivity (Wildman–Crippen MR) is 181 cm³/mol. The minimum atomic E-state index is -1.18. The van der Waals surface area contributed by atoms with Crippen LogP contribution in [0.1, 0.15) is 149 Å². The standard InChI is InChI=1S/C37H68O8/c1-17-27(32(41)33(7,8)19-3)24-43-36(13,14)30(39)22-28(18-2)45-37(15,16)31(40)25(5)23-42-35(11,12)29(38)21-26(6)44-34(9,10)20-4/h25-28H,17-24H2,1-16H3. The van der Waals surface area contributed by atoms with E-state index >= 15 is 0 Å². The van der Waals surface area contributed by atoms with Crippen molar-refractivity contribution in [3.8, 4) is 0 Å². The van der Waals surface area contributed by atoms with Gasteiger partial charge in [-0.2, -0.15) is 0 Å². The predicted octanol–water partition coefficient (Wildman–Crippen LogP) is 7.90. The Morgan fingerprint density at radius 1 is 0.578 bits per heavy atom. The molecule has 0 saturated carbocycles. The summed E-state index contributed by atoms with van der Waals surface area (Å²) in [5, 5.41) is 0. The van der Waals surface area contributed by atoms with Crippen LogP contribution in [-0.2, 0) is 38.1 Å². The second-order valence-electron chi connectivity index (χ2n) is 15.6. The second kappa shape index (κ2) is 17.6. The molecule has 0 fully saturated rings. The summed E-state index contributed by atoms with van der Waals surface area (Å²) in [4.78, 5) is 52.9. The molecule has 45 heavy (non-hydrogen) atoms. The van der Waals surface area contributed by atoms with Gasteiger partial charge < -0.3 is 18.9 Å². The van der Waals surface area contributed by atoms with E-state index in [0.717, 1.165) is 12.8 Å². The van der Waals surface area contributed by atoms with E-state index in [9.17, 15) is 19.2 Å². The van der Waals surface area contributed by atoms with Crippen molar-refractivity contribution in [1.29, 1.82) is 0 Å². The van der Waals surface area contributed by atoms with Gasteiger partial charge in [-0.25, -0.2) is 0 Å². The highest BCUT2D eigenvalue weighted by atomic mass is 16.5. The highest BCUT2D eigenvalue weighted by molar-refractivity contribution is 5.90. The minimum Gasteiger partial charge on any atom is -0.372 e. The third-order valence-electron chi connectivity index (χ3n) is 9.31. The monoisotopic (exact) mass is 640 g/mol. The van der Waals surface area contributed by atoms with Gasteiger partial charge in [-0.05, 0) is 88.0 Å². The van der Waals surface area contributed by atoms with E-state index in [-0.39, 0.29) is 66.8 Å². The molecule has 0 radical (unpaired) electrons. The first kappa shape index (κ1) is 43.5. The third kappa shape index (κ3) is 14.0. The van der Waals surface area contributed by atoms with Crippen molar-refractivity contribution in [3.63, 3.8) is 0 Å². The van der Waals surface area contributed by atoms with Gasteiger partial charge in [0.1, 0.15) is 22.6 Å². The van der Waals surface area contributed by atoms with Gasteiger partial charge >= 0.3 is 0 Å². The highest BCUT2D eigenvalue weighted by Crippen LogP contribution is 2.29. The lowest BCUT2D eigenvalue weighted by atomic mass is 9.78. The van der Waals surface area contributed by atoms with Crippen molar-refractivity contribution in [2.24, 2.45) is 17.3 Å². The van der Waals surface area contributed by atoms with E-state index in [2.05, 4.69) is 0 Å². The molecule has 0 aromatic carbocycles. The van der Waals surface area contributed by atoms with Crippen LogP contribution in [0.5, 0.6) is 0 Å². The average Bonchev–Trinajstić information content (AvgIpc) is 2.94. The van der Waals surface area contributed by atoms with Crippen molar-refractivity contribution in [3.05, 3.63) is 0 Å². The third-order valence-corrected chi connectivity index (χ3v) is 9.31. The summed E-state index contributed by atoms with van der Waals surface area (Å²) < 4.78 is 24.3. The number of rotatable bonds is 24. The molecule has 0 aliphatic carbocycles. The molecule has 0 amide bonds. The molecule has 8 heteroatoms. The summed E-state index contributed by atoms with van der Waals surface area (Å²) in [5.74, 6) is -1.08. The van der Waals surface area contributed by atoms with Gasteiger partial charge in [0.2, 0.25) is 0 Å². The fraction of sp³-hybridized carbons (Fsp3) is 0.892. The Bertz CT molecular complexity index is 975. The van der Waals surface area contributed by atoms with Crippen molar-refractivity contribution in [1.82, 2.24) is 0 Å². The van der Waals surface area contributed by atoms with Gasteiger partial charge in [-0.1, -0.05) is 48.5 Å². The van der Waals surface area contributed by atoms with Crippen LogP contribution in [-0.4, -0.2) is 71.0 Å². The summed E-state index contributed by atoms with van der Waals surface area (Å²) in [6.07, 6.45) is 2.28. The molecule has 8 nitrogen and oxygen atoms in total. The minimum absolute atomic E-state index is 0.0583.